The molecule has 4 atom stereocenters. The van der Waals surface area contributed by atoms with E-state index in [1.54, 1.807) is 0 Å². The molecule has 0 saturated carbocycles. The van der Waals surface area contributed by atoms with Gasteiger partial charge in [-0.05, 0) is 0 Å². The van der Waals surface area contributed by atoms with Crippen LogP contribution >= 0.6 is 7.82 Å². The number of hydrogen-bond acceptors (Lipinski definition) is 6. The Balaban J connectivity index is 2.47. The average Bonchev–Trinajstić information content (AvgIpc) is 2.40. The zero-order valence-corrected chi connectivity index (χ0v) is 8.53. The molecule has 0 aromatic rings. The van der Waals surface area contributed by atoms with E-state index in [0.717, 1.165) is 0 Å². The van der Waals surface area contributed by atoms with E-state index in [9.17, 15) is 14.8 Å². The fraction of sp³-hybridized carbons (Fsp3) is 1.00. The van der Waals surface area contributed by atoms with Gasteiger partial charge in [0.1, 0.15) is 24.4 Å². The average molecular weight is 244 g/mol. The second-order valence-corrected chi connectivity index (χ2v) is 4.40. The van der Waals surface area contributed by atoms with Crippen molar-refractivity contribution in [1.29, 1.82) is 0 Å². The highest BCUT2D eigenvalue weighted by Gasteiger charge is 2.43. The zero-order valence-electron chi connectivity index (χ0n) is 7.63. The number of rotatable bonds is 4. The molecule has 2 unspecified atom stereocenters. The Morgan fingerprint density at radius 3 is 2.13 bits per heavy atom. The maximum absolute atomic E-state index is 10.4. The first kappa shape index (κ1) is 13.0. The summed E-state index contributed by atoms with van der Waals surface area (Å²) in [5, 5.41) is 27.3. The molecule has 0 bridgehead atoms. The third kappa shape index (κ3) is 3.47. The monoisotopic (exact) mass is 244 g/mol. The van der Waals surface area contributed by atoms with Crippen LogP contribution in [0.4, 0.5) is 0 Å². The first-order valence-electron chi connectivity index (χ1n) is 4.17. The summed E-state index contributed by atoms with van der Waals surface area (Å²) in [6.45, 7) is -1.05. The Kier molecular flexibility index (Phi) is 4.21. The molecule has 5 N–H and O–H groups in total. The Hall–Kier alpha value is -0.0500. The van der Waals surface area contributed by atoms with Crippen LogP contribution in [-0.2, 0) is 13.8 Å². The first-order chi connectivity index (χ1) is 6.85. The summed E-state index contributed by atoms with van der Waals surface area (Å²) in [7, 11) is -4.63. The smallest absolute Gasteiger partial charge is 0.394 e. The number of phosphoric acid groups is 1. The lowest BCUT2D eigenvalue weighted by Crippen LogP contribution is -2.35. The highest BCUT2D eigenvalue weighted by atomic mass is 31.2. The van der Waals surface area contributed by atoms with Crippen molar-refractivity contribution in [3.63, 3.8) is 0 Å². The van der Waals surface area contributed by atoms with Gasteiger partial charge in [0.25, 0.3) is 0 Å². The zero-order chi connectivity index (χ0) is 11.6. The van der Waals surface area contributed by atoms with E-state index in [-0.39, 0.29) is 0 Å². The fourth-order valence-corrected chi connectivity index (χ4v) is 1.63. The number of ether oxygens (including phenoxy) is 1. The molecular formula is C6H13O8P. The molecule has 15 heavy (non-hydrogen) atoms. The molecule has 90 valence electrons. The van der Waals surface area contributed by atoms with Crippen molar-refractivity contribution >= 4 is 7.82 Å². The summed E-state index contributed by atoms with van der Waals surface area (Å²) >= 11 is 0. The van der Waals surface area contributed by atoms with Gasteiger partial charge >= 0.3 is 7.82 Å². The second kappa shape index (κ2) is 4.86. The summed E-state index contributed by atoms with van der Waals surface area (Å²) in [6.07, 6.45) is -4.66. The van der Waals surface area contributed by atoms with Crippen LogP contribution in [0.15, 0.2) is 0 Å². The molecule has 1 aliphatic rings. The Labute approximate surface area is 85.3 Å². The third-order valence-electron chi connectivity index (χ3n) is 2.05. The van der Waals surface area contributed by atoms with Crippen LogP contribution in [0, 0.1) is 0 Å². The predicted molar refractivity (Wildman–Crippen MR) is 45.8 cm³/mol. The van der Waals surface area contributed by atoms with Crippen molar-refractivity contribution in [1.82, 2.24) is 0 Å². The van der Waals surface area contributed by atoms with Gasteiger partial charge in [-0.15, -0.1) is 0 Å². The molecule has 0 radical (unpaired) electrons. The van der Waals surface area contributed by atoms with Crippen molar-refractivity contribution in [3.05, 3.63) is 0 Å². The standard InChI is InChI=1S/C6H13O8P/c7-1-3-5(8)6(9)4(14-3)2-13-15(10,11)12/h3-9H,1-2H2,(H2,10,11,12)/t3-,4+,5?,6?/m0/s1. The number of aliphatic hydroxyl groups is 3. The lowest BCUT2D eigenvalue weighted by molar-refractivity contribution is -0.0388. The molecule has 1 fully saturated rings. The summed E-state index contributed by atoms with van der Waals surface area (Å²) in [5.41, 5.74) is 0. The van der Waals surface area contributed by atoms with Gasteiger partial charge in [0.05, 0.1) is 13.2 Å². The topological polar surface area (TPSA) is 137 Å². The minimum atomic E-state index is -4.63. The lowest BCUT2D eigenvalue weighted by Gasteiger charge is -2.14. The van der Waals surface area contributed by atoms with Gasteiger partial charge in [-0.25, -0.2) is 4.57 Å². The molecule has 0 aromatic heterocycles. The third-order valence-corrected chi connectivity index (χ3v) is 2.53. The van der Waals surface area contributed by atoms with Crippen molar-refractivity contribution in [2.24, 2.45) is 0 Å². The molecule has 0 amide bonds. The minimum absolute atomic E-state index is 0.495. The molecule has 1 heterocycles. The van der Waals surface area contributed by atoms with Gasteiger partial charge in [0, 0.05) is 0 Å². The van der Waals surface area contributed by atoms with Crippen LogP contribution in [0.5, 0.6) is 0 Å². The Morgan fingerprint density at radius 2 is 1.73 bits per heavy atom. The van der Waals surface area contributed by atoms with E-state index in [0.29, 0.717) is 0 Å². The Morgan fingerprint density at radius 1 is 1.20 bits per heavy atom. The normalized spacial score (nSPS) is 37.1. The fourth-order valence-electron chi connectivity index (χ4n) is 1.28. The summed E-state index contributed by atoms with van der Waals surface area (Å²) in [6, 6.07) is 0. The van der Waals surface area contributed by atoms with Crippen LogP contribution in [0.3, 0.4) is 0 Å². The van der Waals surface area contributed by atoms with E-state index in [1.807, 2.05) is 0 Å². The van der Waals surface area contributed by atoms with Gasteiger partial charge in [-0.1, -0.05) is 0 Å². The molecule has 9 heteroatoms. The van der Waals surface area contributed by atoms with Crippen LogP contribution in [0.25, 0.3) is 0 Å². The molecule has 8 nitrogen and oxygen atoms in total. The largest absolute Gasteiger partial charge is 0.469 e. The van der Waals surface area contributed by atoms with E-state index in [2.05, 4.69) is 4.52 Å². The van der Waals surface area contributed by atoms with Gasteiger partial charge in [0.2, 0.25) is 0 Å². The van der Waals surface area contributed by atoms with E-state index in [4.69, 9.17) is 19.6 Å². The maximum Gasteiger partial charge on any atom is 0.469 e. The highest BCUT2D eigenvalue weighted by Crippen LogP contribution is 2.37. The molecule has 1 aliphatic heterocycles. The van der Waals surface area contributed by atoms with Crippen LogP contribution in [-0.4, -0.2) is 62.7 Å². The van der Waals surface area contributed by atoms with Gasteiger partial charge in [0.15, 0.2) is 0 Å². The number of phosphoric ester groups is 1. The van der Waals surface area contributed by atoms with Crippen LogP contribution < -0.4 is 0 Å². The number of hydrogen-bond donors (Lipinski definition) is 5. The van der Waals surface area contributed by atoms with Crippen molar-refractivity contribution < 1.29 is 38.9 Å². The molecule has 0 aromatic carbocycles. The van der Waals surface area contributed by atoms with Gasteiger partial charge in [-0.3, -0.25) is 4.52 Å². The van der Waals surface area contributed by atoms with Crippen molar-refractivity contribution in [2.45, 2.75) is 24.4 Å². The van der Waals surface area contributed by atoms with Crippen LogP contribution in [0.2, 0.25) is 0 Å². The van der Waals surface area contributed by atoms with Crippen molar-refractivity contribution in [3.8, 4) is 0 Å². The minimum Gasteiger partial charge on any atom is -0.394 e. The van der Waals surface area contributed by atoms with E-state index >= 15 is 0 Å². The first-order valence-corrected chi connectivity index (χ1v) is 5.70. The maximum atomic E-state index is 10.4. The van der Waals surface area contributed by atoms with Crippen molar-refractivity contribution in [2.75, 3.05) is 13.2 Å². The SMILES string of the molecule is O=P(O)(O)OC[C@H]1O[C@@H](CO)C(O)C1O. The number of aliphatic hydroxyl groups excluding tert-OH is 3. The summed E-state index contributed by atoms with van der Waals surface area (Å²) < 4.78 is 19.4. The predicted octanol–water partition coefficient (Wildman–Crippen LogP) is -2.42. The van der Waals surface area contributed by atoms with E-state index in [1.165, 1.54) is 0 Å². The lowest BCUT2D eigenvalue weighted by atomic mass is 10.1. The molecule has 0 aliphatic carbocycles. The summed E-state index contributed by atoms with van der Waals surface area (Å²) in [5.74, 6) is 0. The quantitative estimate of drug-likeness (QED) is 0.344. The molecular weight excluding hydrogens is 231 g/mol. The molecule has 1 saturated heterocycles. The van der Waals surface area contributed by atoms with Gasteiger partial charge in [-0.2, -0.15) is 0 Å². The molecule has 1 rings (SSSR count). The van der Waals surface area contributed by atoms with Gasteiger partial charge < -0.3 is 29.8 Å². The van der Waals surface area contributed by atoms with E-state index < -0.39 is 45.5 Å². The summed E-state index contributed by atoms with van der Waals surface area (Å²) in [4.78, 5) is 16.8. The second-order valence-electron chi connectivity index (χ2n) is 3.16. The highest BCUT2D eigenvalue weighted by molar-refractivity contribution is 7.46. The molecule has 0 spiro atoms. The van der Waals surface area contributed by atoms with Crippen LogP contribution in [0.1, 0.15) is 0 Å². The Bertz CT molecular complexity index is 252.